The van der Waals surface area contributed by atoms with E-state index in [1.807, 2.05) is 0 Å². The number of allylic oxidation sites excluding steroid dienone is 3. The van der Waals surface area contributed by atoms with Crippen molar-refractivity contribution in [3.8, 4) is 0 Å². The minimum absolute atomic E-state index is 0.269. The van der Waals surface area contributed by atoms with Crippen molar-refractivity contribution in [2.45, 2.75) is 13.3 Å². The van der Waals surface area contributed by atoms with Gasteiger partial charge >= 0.3 is 5.97 Å². The Morgan fingerprint density at radius 1 is 1.38 bits per heavy atom. The van der Waals surface area contributed by atoms with Crippen molar-refractivity contribution in [3.63, 3.8) is 0 Å². The highest BCUT2D eigenvalue weighted by Crippen LogP contribution is 2.39. The van der Waals surface area contributed by atoms with Gasteiger partial charge in [-0.1, -0.05) is 29.8 Å². The van der Waals surface area contributed by atoms with E-state index in [4.69, 9.17) is 16.3 Å². The SMILES string of the molecule is COC(=O)C1=C(C)N(c2ccccc2Cl)C(=O)/C1=C\C1=CCCS1. The molecule has 0 saturated heterocycles. The maximum absolute atomic E-state index is 13.0. The van der Waals surface area contributed by atoms with Crippen molar-refractivity contribution < 1.29 is 14.3 Å². The zero-order valence-corrected chi connectivity index (χ0v) is 14.9. The molecular formula is C18H16ClNO3S. The number of nitrogens with zero attached hydrogens (tertiary/aromatic N) is 1. The van der Waals surface area contributed by atoms with Gasteiger partial charge in [0, 0.05) is 16.4 Å². The number of amides is 1. The van der Waals surface area contributed by atoms with E-state index in [9.17, 15) is 9.59 Å². The van der Waals surface area contributed by atoms with Crippen LogP contribution in [0.25, 0.3) is 0 Å². The molecule has 2 aliphatic heterocycles. The van der Waals surface area contributed by atoms with E-state index in [1.54, 1.807) is 49.0 Å². The number of carbonyl (C=O) groups is 2. The number of para-hydroxylation sites is 1. The Bertz CT molecular complexity index is 810. The van der Waals surface area contributed by atoms with Gasteiger partial charge in [-0.15, -0.1) is 11.8 Å². The monoisotopic (exact) mass is 361 g/mol. The number of anilines is 1. The van der Waals surface area contributed by atoms with Crippen molar-refractivity contribution in [2.24, 2.45) is 0 Å². The standard InChI is InChI=1S/C18H16ClNO3S/c1-11-16(18(22)23-2)13(10-12-6-5-9-24-12)17(21)20(11)15-8-4-3-7-14(15)19/h3-4,6-8,10H,5,9H2,1-2H3/b13-10-. The number of halogens is 1. The highest BCUT2D eigenvalue weighted by atomic mass is 35.5. The third-order valence-electron chi connectivity index (χ3n) is 3.90. The largest absolute Gasteiger partial charge is 0.465 e. The van der Waals surface area contributed by atoms with Crippen LogP contribution in [0.15, 0.2) is 58.2 Å². The van der Waals surface area contributed by atoms with Crippen LogP contribution < -0.4 is 4.90 Å². The highest BCUT2D eigenvalue weighted by Gasteiger charge is 2.38. The first-order valence-electron chi connectivity index (χ1n) is 7.47. The van der Waals surface area contributed by atoms with E-state index < -0.39 is 5.97 Å². The molecule has 2 aliphatic rings. The molecule has 0 radical (unpaired) electrons. The molecule has 0 aromatic heterocycles. The van der Waals surface area contributed by atoms with Gasteiger partial charge in [0.25, 0.3) is 5.91 Å². The molecule has 24 heavy (non-hydrogen) atoms. The lowest BCUT2D eigenvalue weighted by Gasteiger charge is -2.19. The number of esters is 1. The Labute approximate surface area is 149 Å². The molecule has 0 atom stereocenters. The molecular weight excluding hydrogens is 346 g/mol. The van der Waals surface area contributed by atoms with Gasteiger partial charge in [-0.3, -0.25) is 9.69 Å². The Kier molecular flexibility index (Phi) is 4.83. The Balaban J connectivity index is 2.13. The van der Waals surface area contributed by atoms with Crippen LogP contribution in [0.3, 0.4) is 0 Å². The quantitative estimate of drug-likeness (QED) is 0.601. The van der Waals surface area contributed by atoms with Crippen LogP contribution in [0.1, 0.15) is 13.3 Å². The molecule has 1 amide bonds. The average molecular weight is 362 g/mol. The summed E-state index contributed by atoms with van der Waals surface area (Å²) in [5.41, 5.74) is 1.71. The molecule has 0 bridgehead atoms. The Morgan fingerprint density at radius 2 is 2.12 bits per heavy atom. The van der Waals surface area contributed by atoms with Gasteiger partial charge < -0.3 is 4.74 Å². The third kappa shape index (κ3) is 2.89. The minimum atomic E-state index is -0.523. The summed E-state index contributed by atoms with van der Waals surface area (Å²) in [4.78, 5) is 27.7. The number of benzene rings is 1. The first-order chi connectivity index (χ1) is 11.5. The highest BCUT2D eigenvalue weighted by molar-refractivity contribution is 8.03. The maximum atomic E-state index is 13.0. The summed E-state index contributed by atoms with van der Waals surface area (Å²) in [5.74, 6) is 0.192. The summed E-state index contributed by atoms with van der Waals surface area (Å²) < 4.78 is 4.89. The summed E-state index contributed by atoms with van der Waals surface area (Å²) in [7, 11) is 1.31. The molecule has 1 aromatic carbocycles. The van der Waals surface area contributed by atoms with Crippen LogP contribution in [0, 0.1) is 0 Å². The predicted molar refractivity (Wildman–Crippen MR) is 96.9 cm³/mol. The maximum Gasteiger partial charge on any atom is 0.340 e. The summed E-state index contributed by atoms with van der Waals surface area (Å²) in [6.07, 6.45) is 4.79. The van der Waals surface area contributed by atoms with Crippen LogP contribution in [0.4, 0.5) is 5.69 Å². The second kappa shape index (κ2) is 6.87. The normalized spacial score (nSPS) is 19.3. The fourth-order valence-electron chi connectivity index (χ4n) is 2.78. The van der Waals surface area contributed by atoms with E-state index in [2.05, 4.69) is 6.08 Å². The number of carbonyl (C=O) groups excluding carboxylic acids is 2. The molecule has 0 aliphatic carbocycles. The second-order valence-corrected chi connectivity index (χ2v) is 6.92. The molecule has 4 nitrogen and oxygen atoms in total. The van der Waals surface area contributed by atoms with Gasteiger partial charge in [-0.2, -0.15) is 0 Å². The topological polar surface area (TPSA) is 46.6 Å². The van der Waals surface area contributed by atoms with Crippen LogP contribution >= 0.6 is 23.4 Å². The van der Waals surface area contributed by atoms with Crippen LogP contribution in [-0.4, -0.2) is 24.7 Å². The number of hydrogen-bond donors (Lipinski definition) is 0. The van der Waals surface area contributed by atoms with Crippen LogP contribution in [-0.2, 0) is 14.3 Å². The number of ether oxygens (including phenoxy) is 1. The molecule has 0 fully saturated rings. The molecule has 3 rings (SSSR count). The molecule has 2 heterocycles. The lowest BCUT2D eigenvalue weighted by Crippen LogP contribution is -2.24. The van der Waals surface area contributed by atoms with Crippen molar-refractivity contribution in [2.75, 3.05) is 17.8 Å². The molecule has 0 N–H and O–H groups in total. The Hall–Kier alpha value is -1.98. The predicted octanol–water partition coefficient (Wildman–Crippen LogP) is 4.08. The molecule has 0 saturated carbocycles. The molecule has 0 spiro atoms. The van der Waals surface area contributed by atoms with Gasteiger partial charge in [-0.25, -0.2) is 4.79 Å². The lowest BCUT2D eigenvalue weighted by atomic mass is 10.1. The fraction of sp³-hybridized carbons (Fsp3) is 0.222. The van der Waals surface area contributed by atoms with E-state index in [0.717, 1.165) is 17.1 Å². The summed E-state index contributed by atoms with van der Waals surface area (Å²) in [6.45, 7) is 1.73. The van der Waals surface area contributed by atoms with Crippen molar-refractivity contribution in [3.05, 3.63) is 63.2 Å². The van der Waals surface area contributed by atoms with Gasteiger partial charge in [-0.05, 0) is 31.6 Å². The zero-order valence-electron chi connectivity index (χ0n) is 13.3. The molecule has 6 heteroatoms. The van der Waals surface area contributed by atoms with E-state index in [-0.39, 0.29) is 11.5 Å². The molecule has 0 unspecified atom stereocenters. The van der Waals surface area contributed by atoms with Gasteiger partial charge in [0.05, 0.1) is 29.0 Å². The van der Waals surface area contributed by atoms with Gasteiger partial charge in [0.1, 0.15) is 0 Å². The summed E-state index contributed by atoms with van der Waals surface area (Å²) in [6, 6.07) is 7.07. The average Bonchev–Trinajstić information content (AvgIpc) is 3.16. The summed E-state index contributed by atoms with van der Waals surface area (Å²) >= 11 is 7.91. The molecule has 1 aromatic rings. The minimum Gasteiger partial charge on any atom is -0.465 e. The first kappa shape index (κ1) is 16.9. The van der Waals surface area contributed by atoms with Crippen LogP contribution in [0.2, 0.25) is 5.02 Å². The van der Waals surface area contributed by atoms with Crippen molar-refractivity contribution in [1.82, 2.24) is 0 Å². The Morgan fingerprint density at radius 3 is 2.75 bits per heavy atom. The zero-order chi connectivity index (χ0) is 17.3. The summed E-state index contributed by atoms with van der Waals surface area (Å²) in [5, 5.41) is 0.449. The van der Waals surface area contributed by atoms with E-state index in [0.29, 0.717) is 22.0 Å². The number of rotatable bonds is 3. The van der Waals surface area contributed by atoms with Crippen molar-refractivity contribution >= 4 is 40.9 Å². The van der Waals surface area contributed by atoms with E-state index in [1.165, 1.54) is 12.0 Å². The van der Waals surface area contributed by atoms with Gasteiger partial charge in [0.2, 0.25) is 0 Å². The fourth-order valence-corrected chi connectivity index (χ4v) is 3.91. The number of thioether (sulfide) groups is 1. The van der Waals surface area contributed by atoms with E-state index >= 15 is 0 Å². The first-order valence-corrected chi connectivity index (χ1v) is 8.84. The number of hydrogen-bond acceptors (Lipinski definition) is 4. The van der Waals surface area contributed by atoms with Gasteiger partial charge in [0.15, 0.2) is 0 Å². The lowest BCUT2D eigenvalue weighted by molar-refractivity contribution is -0.136. The second-order valence-electron chi connectivity index (χ2n) is 5.35. The smallest absolute Gasteiger partial charge is 0.340 e. The molecule has 124 valence electrons. The van der Waals surface area contributed by atoms with Crippen LogP contribution in [0.5, 0.6) is 0 Å². The van der Waals surface area contributed by atoms with Crippen molar-refractivity contribution in [1.29, 1.82) is 0 Å². The number of methoxy groups -OCH3 is 1. The third-order valence-corrected chi connectivity index (χ3v) is 5.28.